The van der Waals surface area contributed by atoms with Gasteiger partial charge in [-0.3, -0.25) is 9.78 Å². The topological polar surface area (TPSA) is 137 Å². The summed E-state index contributed by atoms with van der Waals surface area (Å²) in [5.41, 5.74) is 11.2. The van der Waals surface area contributed by atoms with Crippen molar-refractivity contribution in [2.75, 3.05) is 33.0 Å². The van der Waals surface area contributed by atoms with E-state index in [4.69, 9.17) is 27.2 Å². The highest BCUT2D eigenvalue weighted by atomic mass is 35.5. The molecule has 0 bridgehead atoms. The zero-order chi connectivity index (χ0) is 27.8. The van der Waals surface area contributed by atoms with E-state index in [1.165, 1.54) is 11.2 Å². The Morgan fingerprint density at radius 3 is 2.72 bits per heavy atom. The van der Waals surface area contributed by atoms with E-state index in [2.05, 4.69) is 25.2 Å². The van der Waals surface area contributed by atoms with Crippen LogP contribution in [0.25, 0.3) is 22.2 Å². The first-order chi connectivity index (χ1) is 18.7. The minimum absolute atomic E-state index is 0.173. The number of amides is 1. The minimum atomic E-state index is -0.338. The molecule has 0 saturated carbocycles. The third-order valence-electron chi connectivity index (χ3n) is 6.87. The Balaban J connectivity index is 1.68. The van der Waals surface area contributed by atoms with E-state index in [0.29, 0.717) is 52.2 Å². The Labute approximate surface area is 231 Å². The molecule has 202 valence electrons. The SMILES string of the molecule is CCOc1c(C(C)n2nc(C3CCN=N3)c3c(N)ncnc32)cc(Cl)c(C)c1-c1ccc(C(=O)N(C)C)nc1. The zero-order valence-electron chi connectivity index (χ0n) is 22.5. The molecule has 0 radical (unpaired) electrons. The molecule has 5 rings (SSSR count). The predicted molar refractivity (Wildman–Crippen MR) is 149 cm³/mol. The maximum absolute atomic E-state index is 12.4. The van der Waals surface area contributed by atoms with Crippen LogP contribution in [-0.4, -0.2) is 62.8 Å². The van der Waals surface area contributed by atoms with Gasteiger partial charge in [-0.1, -0.05) is 17.7 Å². The van der Waals surface area contributed by atoms with Gasteiger partial charge in [0, 0.05) is 42.0 Å². The van der Waals surface area contributed by atoms with Gasteiger partial charge in [0.05, 0.1) is 24.6 Å². The van der Waals surface area contributed by atoms with Gasteiger partial charge in [0.15, 0.2) is 5.65 Å². The number of halogens is 1. The molecule has 1 aliphatic rings. The number of anilines is 1. The van der Waals surface area contributed by atoms with E-state index in [-0.39, 0.29) is 18.0 Å². The number of azo groups is 1. The number of fused-ring (bicyclic) bond motifs is 1. The molecule has 2 N–H and O–H groups in total. The molecular formula is C27H30ClN9O2. The van der Waals surface area contributed by atoms with Crippen LogP contribution in [0.3, 0.4) is 0 Å². The first-order valence-corrected chi connectivity index (χ1v) is 13.1. The third kappa shape index (κ3) is 4.67. The van der Waals surface area contributed by atoms with Gasteiger partial charge < -0.3 is 15.4 Å². The molecule has 1 aliphatic heterocycles. The number of nitrogens with two attached hydrogens (primary N) is 1. The van der Waals surface area contributed by atoms with Gasteiger partial charge in [0.2, 0.25) is 0 Å². The van der Waals surface area contributed by atoms with E-state index in [1.807, 2.05) is 37.6 Å². The predicted octanol–water partition coefficient (Wildman–Crippen LogP) is 5.04. The van der Waals surface area contributed by atoms with Gasteiger partial charge >= 0.3 is 0 Å². The number of hydrogen-bond acceptors (Lipinski definition) is 9. The Morgan fingerprint density at radius 2 is 2.08 bits per heavy atom. The van der Waals surface area contributed by atoms with Crippen molar-refractivity contribution in [2.24, 2.45) is 10.2 Å². The molecule has 11 nitrogen and oxygen atoms in total. The number of nitrogen functional groups attached to an aromatic ring is 1. The van der Waals surface area contributed by atoms with Crippen molar-refractivity contribution in [3.63, 3.8) is 0 Å². The van der Waals surface area contributed by atoms with Crippen molar-refractivity contribution in [1.82, 2.24) is 29.6 Å². The highest BCUT2D eigenvalue weighted by molar-refractivity contribution is 6.32. The van der Waals surface area contributed by atoms with E-state index in [9.17, 15) is 4.79 Å². The second-order valence-electron chi connectivity index (χ2n) is 9.59. The summed E-state index contributed by atoms with van der Waals surface area (Å²) in [6.45, 7) is 6.95. The Hall–Kier alpha value is -4.12. The summed E-state index contributed by atoms with van der Waals surface area (Å²) in [6.07, 6.45) is 3.85. The van der Waals surface area contributed by atoms with Crippen molar-refractivity contribution in [2.45, 2.75) is 39.3 Å². The highest BCUT2D eigenvalue weighted by Gasteiger charge is 2.29. The summed E-state index contributed by atoms with van der Waals surface area (Å²) >= 11 is 6.81. The molecule has 1 aromatic carbocycles. The number of benzene rings is 1. The van der Waals surface area contributed by atoms with Crippen LogP contribution >= 0.6 is 11.6 Å². The van der Waals surface area contributed by atoms with Crippen LogP contribution in [0.2, 0.25) is 5.02 Å². The highest BCUT2D eigenvalue weighted by Crippen LogP contribution is 2.44. The molecule has 2 unspecified atom stereocenters. The molecule has 2 atom stereocenters. The standard InChI is InChI=1S/C27H30ClN9O2/c1-6-39-24-17(11-18(28)14(2)21(24)16-7-8-20(30-12-16)27(38)36(4)5)15(3)37-26-22(25(29)31-13-32-26)23(35-37)19-9-10-33-34-19/h7-8,11-13,15,19H,6,9-10H2,1-5H3,(H2,29,31,32). The summed E-state index contributed by atoms with van der Waals surface area (Å²) in [7, 11) is 3.39. The van der Waals surface area contributed by atoms with Gasteiger partial charge in [0.1, 0.15) is 35.3 Å². The minimum Gasteiger partial charge on any atom is -0.493 e. The van der Waals surface area contributed by atoms with Crippen molar-refractivity contribution >= 4 is 34.4 Å². The van der Waals surface area contributed by atoms with Crippen molar-refractivity contribution in [3.8, 4) is 16.9 Å². The Morgan fingerprint density at radius 1 is 1.28 bits per heavy atom. The van der Waals surface area contributed by atoms with Crippen molar-refractivity contribution < 1.29 is 9.53 Å². The van der Waals surface area contributed by atoms with Crippen molar-refractivity contribution in [3.05, 3.63) is 58.3 Å². The first kappa shape index (κ1) is 26.5. The number of carbonyl (C=O) groups excluding carboxylic acids is 1. The van der Waals surface area contributed by atoms with Gasteiger partial charge in [-0.25, -0.2) is 14.6 Å². The van der Waals surface area contributed by atoms with E-state index in [0.717, 1.165) is 28.7 Å². The van der Waals surface area contributed by atoms with Crippen LogP contribution in [0.4, 0.5) is 5.82 Å². The lowest BCUT2D eigenvalue weighted by Gasteiger charge is -2.23. The monoisotopic (exact) mass is 547 g/mol. The second kappa shape index (κ2) is 10.6. The lowest BCUT2D eigenvalue weighted by molar-refractivity contribution is 0.0822. The molecule has 3 aromatic heterocycles. The molecule has 0 aliphatic carbocycles. The molecule has 4 aromatic rings. The second-order valence-corrected chi connectivity index (χ2v) is 10.00. The van der Waals surface area contributed by atoms with Crippen LogP contribution in [0.1, 0.15) is 59.7 Å². The molecule has 12 heteroatoms. The molecule has 0 fully saturated rings. The molecule has 4 heterocycles. The molecule has 39 heavy (non-hydrogen) atoms. The molecular weight excluding hydrogens is 518 g/mol. The number of carbonyl (C=O) groups is 1. The molecule has 0 saturated heterocycles. The summed E-state index contributed by atoms with van der Waals surface area (Å²) in [5.74, 6) is 0.836. The summed E-state index contributed by atoms with van der Waals surface area (Å²) in [5, 5.41) is 14.7. The van der Waals surface area contributed by atoms with Crippen LogP contribution in [0, 0.1) is 6.92 Å². The molecule has 0 spiro atoms. The fourth-order valence-electron chi connectivity index (χ4n) is 4.84. The number of pyridine rings is 1. The van der Waals surface area contributed by atoms with Crippen molar-refractivity contribution in [1.29, 1.82) is 0 Å². The van der Waals surface area contributed by atoms with Crippen LogP contribution in [0.15, 0.2) is 41.0 Å². The van der Waals surface area contributed by atoms with Gasteiger partial charge in [-0.2, -0.15) is 15.3 Å². The Bertz CT molecular complexity index is 1580. The third-order valence-corrected chi connectivity index (χ3v) is 7.26. The summed E-state index contributed by atoms with van der Waals surface area (Å²) in [4.78, 5) is 27.0. The average molecular weight is 548 g/mol. The lowest BCUT2D eigenvalue weighted by Crippen LogP contribution is -2.22. The van der Waals surface area contributed by atoms with Gasteiger partial charge in [-0.05, 0) is 44.9 Å². The first-order valence-electron chi connectivity index (χ1n) is 12.7. The average Bonchev–Trinajstić information content (AvgIpc) is 3.59. The summed E-state index contributed by atoms with van der Waals surface area (Å²) < 4.78 is 8.09. The van der Waals surface area contributed by atoms with Gasteiger partial charge in [0.25, 0.3) is 5.91 Å². The number of nitrogens with zero attached hydrogens (tertiary/aromatic N) is 8. The lowest BCUT2D eigenvalue weighted by atomic mass is 9.94. The van der Waals surface area contributed by atoms with Gasteiger partial charge in [-0.15, -0.1) is 0 Å². The number of rotatable bonds is 7. The number of aromatic nitrogens is 5. The maximum Gasteiger partial charge on any atom is 0.271 e. The number of ether oxygens (including phenoxy) is 1. The fourth-order valence-corrected chi connectivity index (χ4v) is 5.05. The van der Waals surface area contributed by atoms with E-state index >= 15 is 0 Å². The number of hydrogen-bond donors (Lipinski definition) is 1. The zero-order valence-corrected chi connectivity index (χ0v) is 23.3. The maximum atomic E-state index is 12.4. The van der Waals surface area contributed by atoms with E-state index < -0.39 is 0 Å². The van der Waals surface area contributed by atoms with E-state index in [1.54, 1.807) is 26.4 Å². The Kier molecular flexibility index (Phi) is 7.17. The summed E-state index contributed by atoms with van der Waals surface area (Å²) in [6, 6.07) is 4.93. The van der Waals surface area contributed by atoms with Crippen LogP contribution in [-0.2, 0) is 0 Å². The molecule has 1 amide bonds. The quantitative estimate of drug-likeness (QED) is 0.342. The van der Waals surface area contributed by atoms with Crippen LogP contribution < -0.4 is 10.5 Å². The normalized spacial score (nSPS) is 15.6. The largest absolute Gasteiger partial charge is 0.493 e. The van der Waals surface area contributed by atoms with Crippen LogP contribution in [0.5, 0.6) is 5.75 Å². The smallest absolute Gasteiger partial charge is 0.271 e. The fraction of sp³-hybridized carbons (Fsp3) is 0.370.